The third-order valence-electron chi connectivity index (χ3n) is 3.57. The van der Waals surface area contributed by atoms with Crippen LogP contribution in [0, 0.1) is 0 Å². The molecule has 18 heavy (non-hydrogen) atoms. The Balaban J connectivity index is 0. The molecule has 0 heterocycles. The molecule has 112 valence electrons. The van der Waals surface area contributed by atoms with Crippen LogP contribution in [0.2, 0.25) is 0 Å². The zero-order valence-electron chi connectivity index (χ0n) is 12.8. The second-order valence-corrected chi connectivity index (χ2v) is 5.93. The van der Waals surface area contributed by atoms with Crippen molar-refractivity contribution in [2.75, 3.05) is 33.8 Å². The summed E-state index contributed by atoms with van der Waals surface area (Å²) in [6.07, 6.45) is 12.5. The summed E-state index contributed by atoms with van der Waals surface area (Å²) < 4.78 is 0.965. The van der Waals surface area contributed by atoms with Crippen LogP contribution in [-0.4, -0.2) is 43.4 Å². The highest BCUT2D eigenvalue weighted by molar-refractivity contribution is 4.47. The third-order valence-corrected chi connectivity index (χ3v) is 3.57. The molecule has 0 rings (SSSR count). The topological polar surface area (TPSA) is 20.2 Å². The van der Waals surface area contributed by atoms with Crippen LogP contribution in [0.3, 0.4) is 0 Å². The van der Waals surface area contributed by atoms with Gasteiger partial charge in [-0.1, -0.05) is 51.9 Å². The minimum atomic E-state index is 0. The summed E-state index contributed by atoms with van der Waals surface area (Å²) >= 11 is 0. The fraction of sp³-hybridized carbons (Fsp3) is 1.00. The number of hydrogen-bond acceptors (Lipinski definition) is 1. The number of likely N-dealkylation sites (N-methyl/N-ethyl adjacent to an activating group) is 1. The van der Waals surface area contributed by atoms with E-state index in [1.54, 1.807) is 0 Å². The largest absolute Gasteiger partial charge is 1.00 e. The van der Waals surface area contributed by atoms with Crippen molar-refractivity contribution in [1.82, 2.24) is 0 Å². The molecular weight excluding hydrogens is 290 g/mol. The number of quaternary nitrogens is 1. The second-order valence-electron chi connectivity index (χ2n) is 5.93. The van der Waals surface area contributed by atoms with Crippen LogP contribution in [0.5, 0.6) is 0 Å². The molecule has 1 N–H and O–H groups in total. The first kappa shape index (κ1) is 20.7. The summed E-state index contributed by atoms with van der Waals surface area (Å²) in [6.45, 7) is 4.67. The fourth-order valence-electron chi connectivity index (χ4n) is 2.23. The first-order chi connectivity index (χ1) is 8.12. The summed E-state index contributed by atoms with van der Waals surface area (Å²) in [4.78, 5) is 0. The highest BCUT2D eigenvalue weighted by Gasteiger charge is 2.12. The molecule has 0 unspecified atom stereocenters. The van der Waals surface area contributed by atoms with Crippen LogP contribution in [0.1, 0.15) is 64.7 Å². The van der Waals surface area contributed by atoms with Gasteiger partial charge in [-0.25, -0.2) is 0 Å². The molecule has 0 amide bonds. The van der Waals surface area contributed by atoms with Gasteiger partial charge >= 0.3 is 0 Å². The Morgan fingerprint density at radius 1 is 0.722 bits per heavy atom. The SMILES string of the molecule is CCCCCCCCCCC[N+](C)(C)CCO.[Br-]. The Hall–Kier alpha value is 0.400. The molecule has 0 aromatic heterocycles. The summed E-state index contributed by atoms with van der Waals surface area (Å²) in [5.74, 6) is 0. The van der Waals surface area contributed by atoms with Gasteiger partial charge in [0.15, 0.2) is 0 Å². The molecule has 0 radical (unpaired) electrons. The predicted molar refractivity (Wildman–Crippen MR) is 76.2 cm³/mol. The van der Waals surface area contributed by atoms with Crippen LogP contribution < -0.4 is 17.0 Å². The smallest absolute Gasteiger partial charge is 0.102 e. The summed E-state index contributed by atoms with van der Waals surface area (Å²) in [7, 11) is 4.42. The molecule has 2 nitrogen and oxygen atoms in total. The maximum absolute atomic E-state index is 8.93. The summed E-state index contributed by atoms with van der Waals surface area (Å²) in [5.41, 5.74) is 0. The molecular formula is C15H34BrNO. The quantitative estimate of drug-likeness (QED) is 0.412. The van der Waals surface area contributed by atoms with Crippen LogP contribution in [0.25, 0.3) is 0 Å². The number of hydrogen-bond donors (Lipinski definition) is 1. The van der Waals surface area contributed by atoms with E-state index in [-0.39, 0.29) is 17.0 Å². The van der Waals surface area contributed by atoms with Gasteiger partial charge in [0, 0.05) is 0 Å². The zero-order valence-corrected chi connectivity index (χ0v) is 14.3. The number of aliphatic hydroxyl groups excluding tert-OH is 1. The molecule has 0 aromatic rings. The maximum Gasteiger partial charge on any atom is 0.102 e. The lowest BCUT2D eigenvalue weighted by Crippen LogP contribution is -3.00. The Labute approximate surface area is 125 Å². The van der Waals surface area contributed by atoms with Crippen molar-refractivity contribution in [1.29, 1.82) is 0 Å². The van der Waals surface area contributed by atoms with Gasteiger partial charge in [-0.05, 0) is 12.8 Å². The molecule has 3 heteroatoms. The van der Waals surface area contributed by atoms with Crippen molar-refractivity contribution in [3.05, 3.63) is 0 Å². The molecule has 0 spiro atoms. The van der Waals surface area contributed by atoms with Crippen molar-refractivity contribution in [2.24, 2.45) is 0 Å². The van der Waals surface area contributed by atoms with Crippen molar-refractivity contribution >= 4 is 0 Å². The lowest BCUT2D eigenvalue weighted by atomic mass is 10.1. The molecule has 0 aliphatic heterocycles. The number of unbranched alkanes of at least 4 members (excludes halogenated alkanes) is 8. The number of nitrogens with zero attached hydrogens (tertiary/aromatic N) is 1. The molecule has 0 aromatic carbocycles. The van der Waals surface area contributed by atoms with E-state index >= 15 is 0 Å². The van der Waals surface area contributed by atoms with Gasteiger partial charge in [-0.3, -0.25) is 0 Å². The van der Waals surface area contributed by atoms with Crippen molar-refractivity contribution in [3.8, 4) is 0 Å². The Kier molecular flexibility index (Phi) is 15.9. The lowest BCUT2D eigenvalue weighted by Gasteiger charge is -2.28. The number of rotatable bonds is 12. The molecule has 0 fully saturated rings. The van der Waals surface area contributed by atoms with Crippen LogP contribution in [-0.2, 0) is 0 Å². The fourth-order valence-corrected chi connectivity index (χ4v) is 2.23. The average Bonchev–Trinajstić information content (AvgIpc) is 2.27. The molecule has 0 atom stereocenters. The standard InChI is InChI=1S/C15H34NO.BrH/c1-4-5-6-7-8-9-10-11-12-13-16(2,3)14-15-17;/h17H,4-15H2,1-3H3;1H/q+1;/p-1. The van der Waals surface area contributed by atoms with E-state index in [4.69, 9.17) is 5.11 Å². The highest BCUT2D eigenvalue weighted by atomic mass is 79.9. The Morgan fingerprint density at radius 3 is 1.61 bits per heavy atom. The molecule has 0 bridgehead atoms. The van der Waals surface area contributed by atoms with E-state index in [2.05, 4.69) is 21.0 Å². The van der Waals surface area contributed by atoms with E-state index in [9.17, 15) is 0 Å². The first-order valence-electron chi connectivity index (χ1n) is 7.55. The third kappa shape index (κ3) is 14.5. The van der Waals surface area contributed by atoms with Crippen molar-refractivity contribution < 1.29 is 26.6 Å². The van der Waals surface area contributed by atoms with Crippen LogP contribution >= 0.6 is 0 Å². The van der Waals surface area contributed by atoms with E-state index in [0.717, 1.165) is 11.0 Å². The first-order valence-corrected chi connectivity index (χ1v) is 7.55. The Morgan fingerprint density at radius 2 is 1.17 bits per heavy atom. The van der Waals surface area contributed by atoms with Gasteiger partial charge in [0.2, 0.25) is 0 Å². The molecule has 0 aliphatic rings. The van der Waals surface area contributed by atoms with Gasteiger partial charge in [-0.2, -0.15) is 0 Å². The van der Waals surface area contributed by atoms with Gasteiger partial charge in [0.25, 0.3) is 0 Å². The minimum absolute atomic E-state index is 0. The van der Waals surface area contributed by atoms with E-state index in [0.29, 0.717) is 6.61 Å². The van der Waals surface area contributed by atoms with Crippen LogP contribution in [0.15, 0.2) is 0 Å². The summed E-state index contributed by atoms with van der Waals surface area (Å²) in [5, 5.41) is 8.93. The van der Waals surface area contributed by atoms with E-state index < -0.39 is 0 Å². The average molecular weight is 324 g/mol. The maximum atomic E-state index is 8.93. The Bertz CT molecular complexity index is 163. The van der Waals surface area contributed by atoms with Gasteiger partial charge in [-0.15, -0.1) is 0 Å². The van der Waals surface area contributed by atoms with Crippen LogP contribution in [0.4, 0.5) is 0 Å². The van der Waals surface area contributed by atoms with Gasteiger partial charge in [0.1, 0.15) is 6.54 Å². The van der Waals surface area contributed by atoms with E-state index in [1.807, 2.05) is 0 Å². The summed E-state index contributed by atoms with van der Waals surface area (Å²) in [6, 6.07) is 0. The predicted octanol–water partition coefficient (Wildman–Crippen LogP) is 0.590. The van der Waals surface area contributed by atoms with Gasteiger partial charge < -0.3 is 26.6 Å². The number of halogens is 1. The lowest BCUT2D eigenvalue weighted by molar-refractivity contribution is -0.890. The zero-order chi connectivity index (χ0) is 13.0. The number of aliphatic hydroxyl groups is 1. The van der Waals surface area contributed by atoms with Crippen molar-refractivity contribution in [2.45, 2.75) is 64.7 Å². The molecule has 0 saturated carbocycles. The molecule has 0 saturated heterocycles. The highest BCUT2D eigenvalue weighted by Crippen LogP contribution is 2.10. The van der Waals surface area contributed by atoms with E-state index in [1.165, 1.54) is 64.3 Å². The monoisotopic (exact) mass is 323 g/mol. The minimum Gasteiger partial charge on any atom is -1.00 e. The van der Waals surface area contributed by atoms with Crippen molar-refractivity contribution in [3.63, 3.8) is 0 Å². The normalized spacial score (nSPS) is 11.3. The molecule has 0 aliphatic carbocycles. The second kappa shape index (κ2) is 13.8. The van der Waals surface area contributed by atoms with Gasteiger partial charge in [0.05, 0.1) is 27.2 Å².